The number of ether oxygens (including phenoxy) is 1. The van der Waals surface area contributed by atoms with Gasteiger partial charge in [-0.25, -0.2) is 18.4 Å². The Morgan fingerprint density at radius 3 is 2.52 bits per heavy atom. The van der Waals surface area contributed by atoms with Gasteiger partial charge in [0.25, 0.3) is 0 Å². The first-order chi connectivity index (χ1) is 9.61. The third-order valence-corrected chi connectivity index (χ3v) is 3.88. The largest absolute Gasteiger partial charge is 0.412 e. The molecule has 0 aromatic heterocycles. The van der Waals surface area contributed by atoms with Crippen LogP contribution in [0.15, 0.2) is 23.1 Å². The second-order valence-electron chi connectivity index (χ2n) is 4.08. The van der Waals surface area contributed by atoms with Crippen LogP contribution in [0.2, 0.25) is 5.02 Å². The average molecular weight is 337 g/mol. The van der Waals surface area contributed by atoms with Crippen LogP contribution in [-0.2, 0) is 19.6 Å². The summed E-state index contributed by atoms with van der Waals surface area (Å²) in [4.78, 5) is 21.1. The van der Waals surface area contributed by atoms with Gasteiger partial charge >= 0.3 is 12.1 Å². The van der Waals surface area contributed by atoms with Crippen LogP contribution in [0, 0.1) is 0 Å². The molecular weight excluding hydrogens is 324 g/mol. The molecule has 0 saturated heterocycles. The van der Waals surface area contributed by atoms with Gasteiger partial charge in [-0.2, -0.15) is 0 Å². The number of hydrogen-bond donors (Lipinski definition) is 3. The van der Waals surface area contributed by atoms with Crippen molar-refractivity contribution in [2.24, 2.45) is 10.9 Å². The number of rotatable bonds is 5. The van der Waals surface area contributed by atoms with Gasteiger partial charge in [0.15, 0.2) is 0 Å². The minimum atomic E-state index is -4.03. The molecule has 1 amide bonds. The van der Waals surface area contributed by atoms with E-state index in [0.29, 0.717) is 0 Å². The lowest BCUT2D eigenvalue weighted by Gasteiger charge is -2.12. The standard InChI is InChI=1S/C11H13ClN2O6S/c12-7-2-1-6(5-9(7)21(14,18)19)8(15)3-4-10(16)20-11(13)17/h1-2,5,8,15H,3-4H2,(H2,13,17)(H2,14,18,19). The molecule has 1 unspecified atom stereocenters. The summed E-state index contributed by atoms with van der Waals surface area (Å²) in [6.45, 7) is 0. The van der Waals surface area contributed by atoms with Crippen LogP contribution >= 0.6 is 11.6 Å². The highest BCUT2D eigenvalue weighted by Crippen LogP contribution is 2.26. The SMILES string of the molecule is NC(=O)OC(=O)CCC(O)c1ccc(Cl)c(S(N)(=O)=O)c1. The highest BCUT2D eigenvalue weighted by atomic mass is 35.5. The Kier molecular flexibility index (Phi) is 5.67. The van der Waals surface area contributed by atoms with Crippen molar-refractivity contribution in [2.45, 2.75) is 23.8 Å². The molecule has 1 atom stereocenters. The lowest BCUT2D eigenvalue weighted by Crippen LogP contribution is -2.18. The van der Waals surface area contributed by atoms with Crippen LogP contribution in [0.3, 0.4) is 0 Å². The Bertz CT molecular complexity index is 661. The molecule has 0 aliphatic rings. The molecule has 1 aromatic rings. The molecule has 0 aliphatic heterocycles. The summed E-state index contributed by atoms with van der Waals surface area (Å²) >= 11 is 5.70. The van der Waals surface area contributed by atoms with Gasteiger partial charge < -0.3 is 15.6 Å². The maximum atomic E-state index is 11.3. The van der Waals surface area contributed by atoms with Gasteiger partial charge in [-0.3, -0.25) is 4.79 Å². The molecule has 21 heavy (non-hydrogen) atoms. The summed E-state index contributed by atoms with van der Waals surface area (Å²) in [6.07, 6.45) is -2.78. The second kappa shape index (κ2) is 6.85. The van der Waals surface area contributed by atoms with Crippen molar-refractivity contribution >= 4 is 33.7 Å². The molecule has 0 heterocycles. The number of nitrogens with two attached hydrogens (primary N) is 2. The number of sulfonamides is 1. The van der Waals surface area contributed by atoms with Crippen molar-refractivity contribution < 1.29 is 27.9 Å². The number of amides is 1. The Balaban J connectivity index is 2.82. The van der Waals surface area contributed by atoms with Crippen LogP contribution in [0.25, 0.3) is 0 Å². The molecule has 0 radical (unpaired) electrons. The summed E-state index contributed by atoms with van der Waals surface area (Å²) in [5.74, 6) is -0.901. The third-order valence-electron chi connectivity index (χ3n) is 2.48. The summed E-state index contributed by atoms with van der Waals surface area (Å²) < 4.78 is 26.7. The van der Waals surface area contributed by atoms with Gasteiger partial charge in [-0.1, -0.05) is 17.7 Å². The number of carbonyl (C=O) groups excluding carboxylic acids is 2. The number of hydrogen-bond acceptors (Lipinski definition) is 6. The van der Waals surface area contributed by atoms with Crippen molar-refractivity contribution in [3.8, 4) is 0 Å². The van der Waals surface area contributed by atoms with E-state index in [2.05, 4.69) is 10.5 Å². The predicted molar refractivity (Wildman–Crippen MR) is 72.7 cm³/mol. The van der Waals surface area contributed by atoms with Crippen molar-refractivity contribution in [1.82, 2.24) is 0 Å². The fourth-order valence-corrected chi connectivity index (χ4v) is 2.61. The molecule has 0 spiro atoms. The number of halogens is 1. The van der Waals surface area contributed by atoms with E-state index in [0.717, 1.165) is 6.07 Å². The van der Waals surface area contributed by atoms with Crippen LogP contribution in [-0.4, -0.2) is 25.6 Å². The van der Waals surface area contributed by atoms with E-state index in [4.69, 9.17) is 16.7 Å². The number of benzene rings is 1. The van der Waals surface area contributed by atoms with E-state index >= 15 is 0 Å². The van der Waals surface area contributed by atoms with E-state index < -0.39 is 28.2 Å². The quantitative estimate of drug-likeness (QED) is 0.524. The molecule has 116 valence electrons. The zero-order valence-corrected chi connectivity index (χ0v) is 12.2. The lowest BCUT2D eigenvalue weighted by atomic mass is 10.1. The van der Waals surface area contributed by atoms with Crippen molar-refractivity contribution in [1.29, 1.82) is 0 Å². The average Bonchev–Trinajstić information content (AvgIpc) is 2.34. The topological polar surface area (TPSA) is 150 Å². The molecule has 0 bridgehead atoms. The molecule has 8 nitrogen and oxygen atoms in total. The van der Waals surface area contributed by atoms with Crippen molar-refractivity contribution in [3.05, 3.63) is 28.8 Å². The Morgan fingerprint density at radius 1 is 1.38 bits per heavy atom. The highest BCUT2D eigenvalue weighted by molar-refractivity contribution is 7.89. The first-order valence-electron chi connectivity index (χ1n) is 5.61. The highest BCUT2D eigenvalue weighted by Gasteiger charge is 2.18. The summed E-state index contributed by atoms with van der Waals surface area (Å²) in [6, 6.07) is 3.77. The number of primary sulfonamides is 1. The molecule has 0 aliphatic carbocycles. The maximum absolute atomic E-state index is 11.3. The van der Waals surface area contributed by atoms with Crippen LogP contribution in [0.4, 0.5) is 4.79 Å². The zero-order chi connectivity index (χ0) is 16.2. The fraction of sp³-hybridized carbons (Fsp3) is 0.273. The Morgan fingerprint density at radius 2 is 2.00 bits per heavy atom. The van der Waals surface area contributed by atoms with E-state index in [1.807, 2.05) is 0 Å². The molecular formula is C11H13ClN2O6S. The third kappa shape index (κ3) is 5.31. The van der Waals surface area contributed by atoms with Gasteiger partial charge in [0.2, 0.25) is 10.0 Å². The number of aliphatic hydroxyl groups excluding tert-OH is 1. The van der Waals surface area contributed by atoms with E-state index in [1.165, 1.54) is 12.1 Å². The Labute approximate surface area is 125 Å². The number of aliphatic hydroxyl groups is 1. The van der Waals surface area contributed by atoms with Crippen LogP contribution in [0.5, 0.6) is 0 Å². The van der Waals surface area contributed by atoms with Gasteiger partial charge in [-0.05, 0) is 24.1 Å². The van der Waals surface area contributed by atoms with E-state index in [1.54, 1.807) is 0 Å². The molecule has 10 heteroatoms. The fourth-order valence-electron chi connectivity index (χ4n) is 1.53. The number of primary amides is 1. The van der Waals surface area contributed by atoms with Gasteiger partial charge in [-0.15, -0.1) is 0 Å². The lowest BCUT2D eigenvalue weighted by molar-refractivity contribution is -0.137. The molecule has 1 aromatic carbocycles. The van der Waals surface area contributed by atoms with Gasteiger partial charge in [0.1, 0.15) is 4.90 Å². The molecule has 1 rings (SSSR count). The molecule has 0 saturated carbocycles. The smallest absolute Gasteiger partial charge is 0.388 e. The maximum Gasteiger partial charge on any atom is 0.412 e. The molecule has 0 fully saturated rings. The zero-order valence-electron chi connectivity index (χ0n) is 10.7. The first kappa shape index (κ1) is 17.4. The van der Waals surface area contributed by atoms with Gasteiger partial charge in [0, 0.05) is 6.42 Å². The predicted octanol–water partition coefficient (Wildman–Crippen LogP) is 0.423. The normalized spacial score (nSPS) is 12.7. The second-order valence-corrected chi connectivity index (χ2v) is 6.02. The summed E-state index contributed by atoms with van der Waals surface area (Å²) in [5.41, 5.74) is 4.86. The Hall–Kier alpha value is -1.68. The monoisotopic (exact) mass is 336 g/mol. The molecule has 5 N–H and O–H groups in total. The van der Waals surface area contributed by atoms with Crippen molar-refractivity contribution in [3.63, 3.8) is 0 Å². The summed E-state index contributed by atoms with van der Waals surface area (Å²) in [5, 5.41) is 14.8. The number of carbonyl (C=O) groups is 2. The summed E-state index contributed by atoms with van der Waals surface area (Å²) in [7, 11) is -4.03. The minimum Gasteiger partial charge on any atom is -0.388 e. The minimum absolute atomic E-state index is 0.0819. The van der Waals surface area contributed by atoms with Crippen molar-refractivity contribution in [2.75, 3.05) is 0 Å². The first-order valence-corrected chi connectivity index (χ1v) is 7.54. The van der Waals surface area contributed by atoms with Crippen LogP contribution < -0.4 is 10.9 Å². The number of esters is 1. The van der Waals surface area contributed by atoms with E-state index in [9.17, 15) is 23.1 Å². The van der Waals surface area contributed by atoms with E-state index in [-0.39, 0.29) is 28.3 Å². The van der Waals surface area contributed by atoms with Crippen LogP contribution in [0.1, 0.15) is 24.5 Å². The van der Waals surface area contributed by atoms with Gasteiger partial charge in [0.05, 0.1) is 11.1 Å².